The zero-order chi connectivity index (χ0) is 18.6. The van der Waals surface area contributed by atoms with Crippen LogP contribution in [0, 0.1) is 25.2 Å². The van der Waals surface area contributed by atoms with Crippen molar-refractivity contribution in [3.05, 3.63) is 41.6 Å². The van der Waals surface area contributed by atoms with E-state index in [-0.39, 0.29) is 6.54 Å². The molecular weight excluding hydrogens is 302 g/mol. The minimum atomic E-state index is -0.802. The SMILES string of the molecule is C#C.CC1(C)CCC=C(NCC(=O)O)C1.COc1ccc(C)cc1. The Hall–Kier alpha value is -2.41. The van der Waals surface area contributed by atoms with E-state index in [1.165, 1.54) is 12.0 Å². The van der Waals surface area contributed by atoms with Crippen molar-refractivity contribution in [1.29, 1.82) is 0 Å². The molecule has 2 rings (SSSR count). The van der Waals surface area contributed by atoms with E-state index in [0.717, 1.165) is 24.3 Å². The molecule has 0 aliphatic heterocycles. The first-order chi connectivity index (χ1) is 11.3. The van der Waals surface area contributed by atoms with E-state index in [0.29, 0.717) is 5.41 Å². The van der Waals surface area contributed by atoms with Crippen molar-refractivity contribution in [3.63, 3.8) is 0 Å². The van der Waals surface area contributed by atoms with Crippen LogP contribution in [0.2, 0.25) is 0 Å². The molecule has 1 aliphatic carbocycles. The lowest BCUT2D eigenvalue weighted by molar-refractivity contribution is -0.135. The molecule has 4 nitrogen and oxygen atoms in total. The first kappa shape index (κ1) is 21.6. The molecule has 132 valence electrons. The van der Waals surface area contributed by atoms with E-state index >= 15 is 0 Å². The number of aryl methyl sites for hydroxylation is 1. The van der Waals surface area contributed by atoms with Crippen LogP contribution in [0.15, 0.2) is 36.0 Å². The fraction of sp³-hybridized carbons (Fsp3) is 0.450. The second kappa shape index (κ2) is 11.2. The van der Waals surface area contributed by atoms with Crippen molar-refractivity contribution in [2.24, 2.45) is 5.41 Å². The molecule has 0 amide bonds. The lowest BCUT2D eigenvalue weighted by Gasteiger charge is -2.29. The number of ether oxygens (including phenoxy) is 1. The zero-order valence-corrected chi connectivity index (χ0v) is 15.1. The van der Waals surface area contributed by atoms with Crippen molar-refractivity contribution in [2.75, 3.05) is 13.7 Å². The summed E-state index contributed by atoms with van der Waals surface area (Å²) in [6.07, 6.45) is 13.3. The molecule has 0 spiro atoms. The van der Waals surface area contributed by atoms with Gasteiger partial charge in [-0.2, -0.15) is 0 Å². The third kappa shape index (κ3) is 9.58. The molecule has 0 unspecified atom stereocenters. The molecule has 4 heteroatoms. The number of hydrogen-bond acceptors (Lipinski definition) is 3. The fourth-order valence-corrected chi connectivity index (χ4v) is 2.31. The monoisotopic (exact) mass is 331 g/mol. The topological polar surface area (TPSA) is 58.6 Å². The highest BCUT2D eigenvalue weighted by molar-refractivity contribution is 5.69. The van der Waals surface area contributed by atoms with Gasteiger partial charge in [0.15, 0.2) is 0 Å². The maximum Gasteiger partial charge on any atom is 0.322 e. The molecule has 2 N–H and O–H groups in total. The summed E-state index contributed by atoms with van der Waals surface area (Å²) in [5, 5.41) is 11.4. The van der Waals surface area contributed by atoms with Crippen molar-refractivity contribution >= 4 is 5.97 Å². The second-order valence-corrected chi connectivity index (χ2v) is 6.37. The number of carboxylic acids is 1. The molecule has 0 atom stereocenters. The molecule has 1 aliphatic rings. The van der Waals surface area contributed by atoms with Crippen LogP contribution in [-0.2, 0) is 4.79 Å². The third-order valence-corrected chi connectivity index (χ3v) is 3.60. The Morgan fingerprint density at radius 1 is 1.29 bits per heavy atom. The Kier molecular flexibility index (Phi) is 10.1. The predicted octanol–water partition coefficient (Wildman–Crippen LogP) is 4.01. The van der Waals surface area contributed by atoms with Crippen LogP contribution in [-0.4, -0.2) is 24.7 Å². The third-order valence-electron chi connectivity index (χ3n) is 3.60. The molecule has 0 saturated heterocycles. The fourth-order valence-electron chi connectivity index (χ4n) is 2.31. The molecule has 0 bridgehead atoms. The number of rotatable bonds is 4. The number of benzene rings is 1. The second-order valence-electron chi connectivity index (χ2n) is 6.37. The van der Waals surface area contributed by atoms with Gasteiger partial charge in [-0.1, -0.05) is 37.6 Å². The summed E-state index contributed by atoms with van der Waals surface area (Å²) in [5.74, 6) is 0.116. The van der Waals surface area contributed by atoms with Crippen LogP contribution in [0.3, 0.4) is 0 Å². The van der Waals surface area contributed by atoms with Gasteiger partial charge >= 0.3 is 5.97 Å². The molecule has 0 radical (unpaired) electrons. The number of carbonyl (C=O) groups is 1. The molecule has 0 fully saturated rings. The van der Waals surface area contributed by atoms with Crippen molar-refractivity contribution in [3.8, 4) is 18.6 Å². The van der Waals surface area contributed by atoms with Crippen LogP contribution >= 0.6 is 0 Å². The zero-order valence-electron chi connectivity index (χ0n) is 15.1. The van der Waals surface area contributed by atoms with E-state index in [4.69, 9.17) is 9.84 Å². The van der Waals surface area contributed by atoms with Gasteiger partial charge in [-0.25, -0.2) is 0 Å². The van der Waals surface area contributed by atoms with E-state index in [1.807, 2.05) is 24.3 Å². The summed E-state index contributed by atoms with van der Waals surface area (Å²) >= 11 is 0. The Morgan fingerprint density at radius 3 is 2.33 bits per heavy atom. The van der Waals surface area contributed by atoms with Gasteiger partial charge in [0.2, 0.25) is 0 Å². The smallest absolute Gasteiger partial charge is 0.322 e. The average Bonchev–Trinajstić information content (AvgIpc) is 2.55. The number of allylic oxidation sites excluding steroid dienone is 2. The molecule has 0 saturated carbocycles. The highest BCUT2D eigenvalue weighted by Gasteiger charge is 2.22. The van der Waals surface area contributed by atoms with Gasteiger partial charge in [0, 0.05) is 5.70 Å². The van der Waals surface area contributed by atoms with E-state index in [9.17, 15) is 4.79 Å². The molecule has 1 aromatic rings. The Bertz CT molecular complexity index is 542. The average molecular weight is 331 g/mol. The summed E-state index contributed by atoms with van der Waals surface area (Å²) in [4.78, 5) is 10.3. The number of terminal acetylenes is 1. The number of methoxy groups -OCH3 is 1. The van der Waals surface area contributed by atoms with Gasteiger partial charge in [0.05, 0.1) is 7.11 Å². The van der Waals surface area contributed by atoms with E-state index in [1.54, 1.807) is 7.11 Å². The van der Waals surface area contributed by atoms with Gasteiger partial charge < -0.3 is 15.2 Å². The first-order valence-corrected chi connectivity index (χ1v) is 7.91. The van der Waals surface area contributed by atoms with Gasteiger partial charge in [-0.3, -0.25) is 4.79 Å². The van der Waals surface area contributed by atoms with Crippen LogP contribution in [0.25, 0.3) is 0 Å². The molecule has 24 heavy (non-hydrogen) atoms. The van der Waals surface area contributed by atoms with Crippen LogP contribution in [0.5, 0.6) is 5.75 Å². The number of nitrogens with one attached hydrogen (secondary N) is 1. The molecule has 0 aromatic heterocycles. The van der Waals surface area contributed by atoms with Gasteiger partial charge in [-0.05, 0) is 43.7 Å². The summed E-state index contributed by atoms with van der Waals surface area (Å²) in [6, 6.07) is 7.96. The van der Waals surface area contributed by atoms with E-state index < -0.39 is 5.97 Å². The summed E-state index contributed by atoms with van der Waals surface area (Å²) < 4.78 is 4.97. The van der Waals surface area contributed by atoms with E-state index in [2.05, 4.69) is 45.0 Å². The quantitative estimate of drug-likeness (QED) is 0.819. The first-order valence-electron chi connectivity index (χ1n) is 7.91. The summed E-state index contributed by atoms with van der Waals surface area (Å²) in [7, 11) is 1.67. The molecular formula is C20H29NO3. The van der Waals surface area contributed by atoms with Crippen LogP contribution < -0.4 is 10.1 Å². The normalized spacial score (nSPS) is 14.7. The van der Waals surface area contributed by atoms with Crippen molar-refractivity contribution in [1.82, 2.24) is 5.32 Å². The number of aliphatic carboxylic acids is 1. The lowest BCUT2D eigenvalue weighted by atomic mass is 9.79. The highest BCUT2D eigenvalue weighted by atomic mass is 16.5. The van der Waals surface area contributed by atoms with Crippen molar-refractivity contribution in [2.45, 2.75) is 40.0 Å². The summed E-state index contributed by atoms with van der Waals surface area (Å²) in [6.45, 7) is 6.51. The summed E-state index contributed by atoms with van der Waals surface area (Å²) in [5.41, 5.74) is 2.66. The lowest BCUT2D eigenvalue weighted by Crippen LogP contribution is -2.27. The van der Waals surface area contributed by atoms with Crippen molar-refractivity contribution < 1.29 is 14.6 Å². The molecule has 1 aromatic carbocycles. The maximum atomic E-state index is 10.3. The van der Waals surface area contributed by atoms with Gasteiger partial charge in [0.1, 0.15) is 12.3 Å². The van der Waals surface area contributed by atoms with Gasteiger partial charge in [0.25, 0.3) is 0 Å². The minimum absolute atomic E-state index is 0.0297. The Labute approximate surface area is 145 Å². The standard InChI is InChI=1S/C10H17NO2.C8H10O.C2H2/c1-10(2)5-3-4-8(6-10)11-7-9(12)13;1-7-3-5-8(9-2)6-4-7;1-2/h4,11H,3,5-7H2,1-2H3,(H,12,13);3-6H,1-2H3;1-2H. The van der Waals surface area contributed by atoms with Crippen LogP contribution in [0.1, 0.15) is 38.7 Å². The Balaban J connectivity index is 0.000000420. The number of hydrogen-bond donors (Lipinski definition) is 2. The highest BCUT2D eigenvalue weighted by Crippen LogP contribution is 2.33. The maximum absolute atomic E-state index is 10.3. The van der Waals surface area contributed by atoms with Crippen LogP contribution in [0.4, 0.5) is 0 Å². The minimum Gasteiger partial charge on any atom is -0.497 e. The number of carboxylic acid groups (broad SMARTS) is 1. The Morgan fingerprint density at radius 2 is 1.88 bits per heavy atom. The largest absolute Gasteiger partial charge is 0.497 e. The van der Waals surface area contributed by atoms with Gasteiger partial charge in [-0.15, -0.1) is 12.8 Å². The predicted molar refractivity (Wildman–Crippen MR) is 99.0 cm³/mol. The molecule has 0 heterocycles.